The van der Waals surface area contributed by atoms with Crippen molar-refractivity contribution in [1.29, 1.82) is 0 Å². The molecule has 8 heteroatoms. The molecular weight excluding hydrogens is 400 g/mol. The SMILES string of the molecule is Cc1sc2nc([C@@H](C)OC(=O)C(C)(C)Oc3ccc(Cl)cc3)[nH]c(=O)c2c1C. The number of fused-ring (bicyclic) bond motifs is 1. The number of thiophene rings is 1. The van der Waals surface area contributed by atoms with Gasteiger partial charge in [-0.1, -0.05) is 11.6 Å². The predicted molar refractivity (Wildman–Crippen MR) is 110 cm³/mol. The fourth-order valence-electron chi connectivity index (χ4n) is 2.66. The normalized spacial score (nSPS) is 12.8. The molecule has 0 unspecified atom stereocenters. The number of hydrogen-bond acceptors (Lipinski definition) is 6. The highest BCUT2D eigenvalue weighted by Gasteiger charge is 2.34. The molecule has 0 saturated carbocycles. The van der Waals surface area contributed by atoms with Crippen molar-refractivity contribution in [2.75, 3.05) is 0 Å². The maximum atomic E-state index is 12.6. The van der Waals surface area contributed by atoms with Crippen molar-refractivity contribution >= 4 is 39.1 Å². The average Bonchev–Trinajstić information content (AvgIpc) is 2.91. The van der Waals surface area contributed by atoms with Crippen LogP contribution in [0.2, 0.25) is 5.02 Å². The molecule has 2 aromatic heterocycles. The van der Waals surface area contributed by atoms with Crippen molar-refractivity contribution in [3.63, 3.8) is 0 Å². The summed E-state index contributed by atoms with van der Waals surface area (Å²) in [5.74, 6) is 0.224. The van der Waals surface area contributed by atoms with Crippen LogP contribution < -0.4 is 10.3 Å². The van der Waals surface area contributed by atoms with E-state index in [0.717, 1.165) is 10.4 Å². The van der Waals surface area contributed by atoms with Crippen LogP contribution in [0.15, 0.2) is 29.1 Å². The molecule has 28 heavy (non-hydrogen) atoms. The molecule has 0 aliphatic rings. The zero-order valence-corrected chi connectivity index (χ0v) is 17.8. The van der Waals surface area contributed by atoms with E-state index < -0.39 is 17.7 Å². The van der Waals surface area contributed by atoms with E-state index in [1.807, 2.05) is 13.8 Å². The highest BCUT2D eigenvalue weighted by molar-refractivity contribution is 7.18. The zero-order chi connectivity index (χ0) is 20.6. The standard InChI is InChI=1S/C20H21ClN2O4S/c1-10-12(3)28-18-15(10)17(24)22-16(23-18)11(2)26-19(25)20(4,5)27-14-8-6-13(21)7-9-14/h6-9,11H,1-5H3,(H,22,23,24)/t11-/m1/s1. The van der Waals surface area contributed by atoms with Gasteiger partial charge in [-0.05, 0) is 64.4 Å². The van der Waals surface area contributed by atoms with Crippen LogP contribution in [0.25, 0.3) is 10.2 Å². The molecule has 0 bridgehead atoms. The summed E-state index contributed by atoms with van der Waals surface area (Å²) < 4.78 is 11.3. The molecule has 0 spiro atoms. The molecule has 1 N–H and O–H groups in total. The van der Waals surface area contributed by atoms with Crippen molar-refractivity contribution in [3.05, 3.63) is 55.9 Å². The van der Waals surface area contributed by atoms with E-state index >= 15 is 0 Å². The van der Waals surface area contributed by atoms with E-state index in [4.69, 9.17) is 21.1 Å². The van der Waals surface area contributed by atoms with Gasteiger partial charge in [-0.2, -0.15) is 0 Å². The molecule has 2 heterocycles. The van der Waals surface area contributed by atoms with E-state index in [9.17, 15) is 9.59 Å². The topological polar surface area (TPSA) is 81.3 Å². The number of esters is 1. The third kappa shape index (κ3) is 4.05. The van der Waals surface area contributed by atoms with Gasteiger partial charge in [0.25, 0.3) is 5.56 Å². The third-order valence-corrected chi connectivity index (χ3v) is 5.76. The van der Waals surface area contributed by atoms with Gasteiger partial charge in [-0.15, -0.1) is 11.3 Å². The van der Waals surface area contributed by atoms with Gasteiger partial charge < -0.3 is 14.5 Å². The van der Waals surface area contributed by atoms with Gasteiger partial charge in [0.05, 0.1) is 5.39 Å². The average molecular weight is 421 g/mol. The van der Waals surface area contributed by atoms with E-state index in [2.05, 4.69) is 9.97 Å². The van der Waals surface area contributed by atoms with Gasteiger partial charge >= 0.3 is 5.97 Å². The Morgan fingerprint density at radius 3 is 2.54 bits per heavy atom. The van der Waals surface area contributed by atoms with Crippen LogP contribution in [0.5, 0.6) is 5.75 Å². The number of carbonyl (C=O) groups excluding carboxylic acids is 1. The summed E-state index contributed by atoms with van der Waals surface area (Å²) in [7, 11) is 0. The number of ether oxygens (including phenoxy) is 2. The number of halogens is 1. The minimum Gasteiger partial charge on any atom is -0.476 e. The second-order valence-electron chi connectivity index (χ2n) is 7.03. The first-order valence-corrected chi connectivity index (χ1v) is 9.93. The Bertz CT molecular complexity index is 1090. The Hall–Kier alpha value is -2.38. The molecule has 0 amide bonds. The van der Waals surface area contributed by atoms with Gasteiger partial charge in [-0.25, -0.2) is 9.78 Å². The fourth-order valence-corrected chi connectivity index (χ4v) is 3.82. The molecule has 0 fully saturated rings. The lowest BCUT2D eigenvalue weighted by Gasteiger charge is -2.26. The Morgan fingerprint density at radius 2 is 1.89 bits per heavy atom. The number of aromatic nitrogens is 2. The molecule has 6 nitrogen and oxygen atoms in total. The maximum Gasteiger partial charge on any atom is 0.350 e. The highest BCUT2D eigenvalue weighted by Crippen LogP contribution is 2.28. The number of rotatable bonds is 5. The number of aryl methyl sites for hydroxylation is 2. The summed E-state index contributed by atoms with van der Waals surface area (Å²) in [5.41, 5.74) is -0.549. The van der Waals surface area contributed by atoms with Crippen LogP contribution >= 0.6 is 22.9 Å². The van der Waals surface area contributed by atoms with Gasteiger partial charge in [0.15, 0.2) is 17.5 Å². The number of nitrogens with zero attached hydrogens (tertiary/aromatic N) is 1. The Morgan fingerprint density at radius 1 is 1.25 bits per heavy atom. The van der Waals surface area contributed by atoms with Gasteiger partial charge in [-0.3, -0.25) is 4.79 Å². The number of aromatic amines is 1. The Kier molecular flexibility index (Phi) is 5.50. The number of hydrogen-bond donors (Lipinski definition) is 1. The summed E-state index contributed by atoms with van der Waals surface area (Å²) in [6.45, 7) is 8.73. The second-order valence-corrected chi connectivity index (χ2v) is 8.67. The quantitative estimate of drug-likeness (QED) is 0.604. The molecule has 3 rings (SSSR count). The van der Waals surface area contributed by atoms with Crippen LogP contribution in [0, 0.1) is 13.8 Å². The molecule has 0 saturated heterocycles. The molecule has 0 radical (unpaired) electrons. The Balaban J connectivity index is 1.78. The molecule has 0 aliphatic heterocycles. The largest absolute Gasteiger partial charge is 0.476 e. The first-order valence-electron chi connectivity index (χ1n) is 8.74. The smallest absolute Gasteiger partial charge is 0.350 e. The Labute approximate surface area is 171 Å². The monoisotopic (exact) mass is 420 g/mol. The lowest BCUT2D eigenvalue weighted by molar-refractivity contribution is -0.164. The van der Waals surface area contributed by atoms with E-state index in [0.29, 0.717) is 26.8 Å². The number of carbonyl (C=O) groups is 1. The molecule has 3 aromatic rings. The van der Waals surface area contributed by atoms with Gasteiger partial charge in [0.1, 0.15) is 10.6 Å². The minimum atomic E-state index is -1.23. The van der Waals surface area contributed by atoms with Crippen molar-refractivity contribution in [1.82, 2.24) is 9.97 Å². The summed E-state index contributed by atoms with van der Waals surface area (Å²) in [5, 5.41) is 1.15. The van der Waals surface area contributed by atoms with Crippen LogP contribution in [0.3, 0.4) is 0 Å². The third-order valence-electron chi connectivity index (χ3n) is 4.40. The summed E-state index contributed by atoms with van der Waals surface area (Å²) in [6, 6.07) is 6.70. The molecule has 1 atom stereocenters. The summed E-state index contributed by atoms with van der Waals surface area (Å²) in [6.07, 6.45) is -0.736. The molecular formula is C20H21ClN2O4S. The number of benzene rings is 1. The van der Waals surface area contributed by atoms with Crippen LogP contribution in [0.1, 0.15) is 43.1 Å². The lowest BCUT2D eigenvalue weighted by Crippen LogP contribution is -2.40. The summed E-state index contributed by atoms with van der Waals surface area (Å²) >= 11 is 7.31. The number of H-pyrrole nitrogens is 1. The molecule has 0 aliphatic carbocycles. The van der Waals surface area contributed by atoms with Gasteiger partial charge in [0.2, 0.25) is 0 Å². The first-order chi connectivity index (χ1) is 13.1. The summed E-state index contributed by atoms with van der Waals surface area (Å²) in [4.78, 5) is 33.9. The van der Waals surface area contributed by atoms with E-state index in [1.165, 1.54) is 11.3 Å². The zero-order valence-electron chi connectivity index (χ0n) is 16.3. The van der Waals surface area contributed by atoms with Gasteiger partial charge in [0, 0.05) is 9.90 Å². The van der Waals surface area contributed by atoms with Crippen LogP contribution in [-0.2, 0) is 9.53 Å². The maximum absolute atomic E-state index is 12.6. The van der Waals surface area contributed by atoms with Crippen molar-refractivity contribution in [2.24, 2.45) is 0 Å². The second kappa shape index (κ2) is 7.56. The van der Waals surface area contributed by atoms with Crippen LogP contribution in [0.4, 0.5) is 0 Å². The van der Waals surface area contributed by atoms with E-state index in [1.54, 1.807) is 45.0 Å². The fraction of sp³-hybridized carbons (Fsp3) is 0.350. The lowest BCUT2D eigenvalue weighted by atomic mass is 10.1. The van der Waals surface area contributed by atoms with Crippen molar-refractivity contribution < 1.29 is 14.3 Å². The molecule has 1 aromatic carbocycles. The first kappa shape index (κ1) is 20.4. The van der Waals surface area contributed by atoms with Crippen molar-refractivity contribution in [2.45, 2.75) is 46.3 Å². The van der Waals surface area contributed by atoms with Crippen molar-refractivity contribution in [3.8, 4) is 5.75 Å². The minimum absolute atomic E-state index is 0.235. The van der Waals surface area contributed by atoms with Crippen LogP contribution in [-0.4, -0.2) is 21.5 Å². The predicted octanol–water partition coefficient (Wildman–Crippen LogP) is 4.72. The highest BCUT2D eigenvalue weighted by atomic mass is 35.5. The molecule has 148 valence electrons. The van der Waals surface area contributed by atoms with E-state index in [-0.39, 0.29) is 5.56 Å². The number of nitrogens with one attached hydrogen (secondary N) is 1.